The number of fused-ring (bicyclic) bond motifs is 1. The van der Waals surface area contributed by atoms with E-state index in [2.05, 4.69) is 10.6 Å². The molecule has 0 saturated carbocycles. The van der Waals surface area contributed by atoms with Crippen LogP contribution in [-0.2, 0) is 9.53 Å². The summed E-state index contributed by atoms with van der Waals surface area (Å²) < 4.78 is 5.53. The topological polar surface area (TPSA) is 67.4 Å². The molecule has 1 saturated heterocycles. The van der Waals surface area contributed by atoms with Crippen LogP contribution in [-0.4, -0.2) is 31.1 Å². The maximum atomic E-state index is 12.5. The third kappa shape index (κ3) is 4.29. The van der Waals surface area contributed by atoms with E-state index < -0.39 is 0 Å². The fraction of sp³-hybridized carbons (Fsp3) is 0.273. The van der Waals surface area contributed by atoms with Gasteiger partial charge in [0.15, 0.2) is 0 Å². The zero-order valence-electron chi connectivity index (χ0n) is 15.7. The van der Waals surface area contributed by atoms with Gasteiger partial charge >= 0.3 is 0 Å². The molecular formula is C22H22N2O3S. The van der Waals surface area contributed by atoms with Crippen molar-refractivity contribution in [3.63, 3.8) is 0 Å². The summed E-state index contributed by atoms with van der Waals surface area (Å²) >= 11 is 1.42. The molecule has 5 nitrogen and oxygen atoms in total. The van der Waals surface area contributed by atoms with Crippen molar-refractivity contribution in [2.45, 2.75) is 30.8 Å². The minimum absolute atomic E-state index is 0.103. The van der Waals surface area contributed by atoms with E-state index >= 15 is 0 Å². The first kappa shape index (κ1) is 18.8. The predicted octanol–water partition coefficient (Wildman–Crippen LogP) is 3.99. The van der Waals surface area contributed by atoms with Crippen LogP contribution in [0, 0.1) is 6.92 Å². The molecule has 144 valence electrons. The van der Waals surface area contributed by atoms with Gasteiger partial charge in [0.05, 0.1) is 16.7 Å². The van der Waals surface area contributed by atoms with Gasteiger partial charge in [0.1, 0.15) is 0 Å². The molecular weight excluding hydrogens is 372 g/mol. The number of carbonyl (C=O) groups is 2. The summed E-state index contributed by atoms with van der Waals surface area (Å²) in [5.74, 6) is -0.311. The Bertz CT molecular complexity index is 949. The van der Waals surface area contributed by atoms with Crippen LogP contribution in [0.5, 0.6) is 0 Å². The molecule has 1 fully saturated rings. The van der Waals surface area contributed by atoms with Gasteiger partial charge in [-0.1, -0.05) is 41.6 Å². The Morgan fingerprint density at radius 1 is 1.32 bits per heavy atom. The van der Waals surface area contributed by atoms with E-state index in [0.29, 0.717) is 22.7 Å². The summed E-state index contributed by atoms with van der Waals surface area (Å²) in [6, 6.07) is 13.4. The largest absolute Gasteiger partial charge is 0.376 e. The molecule has 0 radical (unpaired) electrons. The van der Waals surface area contributed by atoms with Crippen molar-refractivity contribution in [1.82, 2.24) is 5.32 Å². The molecule has 2 amide bonds. The number of rotatable bonds is 4. The highest BCUT2D eigenvalue weighted by Gasteiger charge is 2.23. The lowest BCUT2D eigenvalue weighted by Gasteiger charge is -2.19. The van der Waals surface area contributed by atoms with Crippen LogP contribution in [0.15, 0.2) is 52.3 Å². The number of hydrogen-bond acceptors (Lipinski definition) is 4. The molecule has 0 spiro atoms. The summed E-state index contributed by atoms with van der Waals surface area (Å²) in [6.45, 7) is 3.30. The van der Waals surface area contributed by atoms with Crippen molar-refractivity contribution < 1.29 is 14.3 Å². The fourth-order valence-corrected chi connectivity index (χ4v) is 4.26. The smallest absolute Gasteiger partial charge is 0.262 e. The van der Waals surface area contributed by atoms with Gasteiger partial charge in [-0.15, -0.1) is 0 Å². The van der Waals surface area contributed by atoms with Crippen molar-refractivity contribution in [3.05, 3.63) is 64.1 Å². The van der Waals surface area contributed by atoms with E-state index in [4.69, 9.17) is 4.74 Å². The Morgan fingerprint density at radius 3 is 3.00 bits per heavy atom. The lowest BCUT2D eigenvalue weighted by Crippen LogP contribution is -2.31. The molecule has 0 aromatic heterocycles. The van der Waals surface area contributed by atoms with Crippen molar-refractivity contribution >= 4 is 35.3 Å². The van der Waals surface area contributed by atoms with Crippen LogP contribution in [0.25, 0.3) is 6.08 Å². The van der Waals surface area contributed by atoms with E-state index in [9.17, 15) is 9.59 Å². The standard InChI is InChI=1S/C22H22N2O3S/c1-14-4-2-5-15(10-14)11-20-22(26)24-18-12-16(7-8-19(18)28-20)21(25)23-13-17-6-3-9-27-17/h2,4-5,7-8,10-12,17H,3,6,9,13H2,1H3,(H,23,25)(H,24,26). The van der Waals surface area contributed by atoms with Gasteiger partial charge in [-0.25, -0.2) is 0 Å². The average Bonchev–Trinajstić information content (AvgIpc) is 3.20. The zero-order valence-corrected chi connectivity index (χ0v) is 16.5. The first-order chi connectivity index (χ1) is 13.6. The molecule has 2 aromatic rings. The van der Waals surface area contributed by atoms with Crippen molar-refractivity contribution in [1.29, 1.82) is 0 Å². The Morgan fingerprint density at radius 2 is 2.21 bits per heavy atom. The van der Waals surface area contributed by atoms with Crippen molar-refractivity contribution in [2.24, 2.45) is 0 Å². The molecule has 2 N–H and O–H groups in total. The number of anilines is 1. The predicted molar refractivity (Wildman–Crippen MR) is 111 cm³/mol. The number of hydrogen-bond donors (Lipinski definition) is 2. The molecule has 1 unspecified atom stereocenters. The van der Waals surface area contributed by atoms with E-state index in [0.717, 1.165) is 35.5 Å². The van der Waals surface area contributed by atoms with Gasteiger partial charge in [-0.3, -0.25) is 9.59 Å². The average molecular weight is 394 g/mol. The number of nitrogens with one attached hydrogen (secondary N) is 2. The number of thioether (sulfide) groups is 1. The maximum absolute atomic E-state index is 12.5. The van der Waals surface area contributed by atoms with Gasteiger partial charge < -0.3 is 15.4 Å². The van der Waals surface area contributed by atoms with Gasteiger partial charge in [0.25, 0.3) is 11.8 Å². The monoisotopic (exact) mass is 394 g/mol. The van der Waals surface area contributed by atoms with E-state index in [-0.39, 0.29) is 17.9 Å². The third-order valence-electron chi connectivity index (χ3n) is 4.79. The molecule has 4 rings (SSSR count). The summed E-state index contributed by atoms with van der Waals surface area (Å²) in [6.07, 6.45) is 4.01. The van der Waals surface area contributed by atoms with Crippen molar-refractivity contribution in [3.8, 4) is 0 Å². The first-order valence-corrected chi connectivity index (χ1v) is 10.2. The minimum Gasteiger partial charge on any atom is -0.376 e. The Hall–Kier alpha value is -2.57. The third-order valence-corrected chi connectivity index (χ3v) is 5.89. The lowest BCUT2D eigenvalue weighted by molar-refractivity contribution is -0.112. The maximum Gasteiger partial charge on any atom is 0.262 e. The van der Waals surface area contributed by atoms with E-state index in [1.807, 2.05) is 43.3 Å². The molecule has 28 heavy (non-hydrogen) atoms. The van der Waals surface area contributed by atoms with Gasteiger partial charge in [-0.05, 0) is 49.6 Å². The number of ether oxygens (including phenoxy) is 1. The Kier molecular flexibility index (Phi) is 5.50. The molecule has 2 heterocycles. The van der Waals surface area contributed by atoms with E-state index in [1.54, 1.807) is 12.1 Å². The zero-order chi connectivity index (χ0) is 19.5. The normalized spacial score (nSPS) is 20.0. The molecule has 0 bridgehead atoms. The Balaban J connectivity index is 1.48. The summed E-state index contributed by atoms with van der Waals surface area (Å²) in [7, 11) is 0. The second-order valence-electron chi connectivity index (χ2n) is 7.03. The molecule has 0 aliphatic carbocycles. The van der Waals surface area contributed by atoms with Gasteiger partial charge in [0, 0.05) is 23.6 Å². The second kappa shape index (κ2) is 8.20. The van der Waals surface area contributed by atoms with Crippen LogP contribution in [0.2, 0.25) is 0 Å². The summed E-state index contributed by atoms with van der Waals surface area (Å²) in [5.41, 5.74) is 3.34. The fourth-order valence-electron chi connectivity index (χ4n) is 3.33. The lowest BCUT2D eigenvalue weighted by atomic mass is 10.1. The molecule has 2 aliphatic heterocycles. The van der Waals surface area contributed by atoms with Gasteiger partial charge in [0.2, 0.25) is 0 Å². The highest BCUT2D eigenvalue weighted by molar-refractivity contribution is 8.04. The quantitative estimate of drug-likeness (QED) is 0.770. The number of carbonyl (C=O) groups excluding carboxylic acids is 2. The molecule has 6 heteroatoms. The first-order valence-electron chi connectivity index (χ1n) is 9.40. The van der Waals surface area contributed by atoms with Crippen LogP contribution in [0.3, 0.4) is 0 Å². The molecule has 1 atom stereocenters. The van der Waals surface area contributed by atoms with Gasteiger partial charge in [-0.2, -0.15) is 0 Å². The SMILES string of the molecule is Cc1cccc(C=C2Sc3ccc(C(=O)NCC4CCCO4)cc3NC2=O)c1. The minimum atomic E-state index is -0.157. The molecule has 2 aliphatic rings. The van der Waals surface area contributed by atoms with Crippen LogP contribution in [0.1, 0.15) is 34.3 Å². The number of benzene rings is 2. The van der Waals surface area contributed by atoms with Crippen LogP contribution >= 0.6 is 11.8 Å². The number of aryl methyl sites for hydroxylation is 1. The van der Waals surface area contributed by atoms with Crippen LogP contribution in [0.4, 0.5) is 5.69 Å². The Labute approximate surface area is 168 Å². The number of amides is 2. The molecule has 2 aromatic carbocycles. The second-order valence-corrected chi connectivity index (χ2v) is 8.12. The van der Waals surface area contributed by atoms with Crippen molar-refractivity contribution in [2.75, 3.05) is 18.5 Å². The highest BCUT2D eigenvalue weighted by atomic mass is 32.2. The summed E-state index contributed by atoms with van der Waals surface area (Å²) in [4.78, 5) is 26.5. The van der Waals surface area contributed by atoms with E-state index in [1.165, 1.54) is 11.8 Å². The summed E-state index contributed by atoms with van der Waals surface area (Å²) in [5, 5.41) is 5.82. The van der Waals surface area contributed by atoms with Crippen LogP contribution < -0.4 is 10.6 Å². The highest BCUT2D eigenvalue weighted by Crippen LogP contribution is 2.39.